The van der Waals surface area contributed by atoms with E-state index in [1.54, 1.807) is 0 Å². The van der Waals surface area contributed by atoms with E-state index in [2.05, 4.69) is 5.32 Å². The number of hydrogen-bond donors (Lipinski definition) is 2. The predicted octanol–water partition coefficient (Wildman–Crippen LogP) is 2.00. The fraction of sp³-hybridized carbons (Fsp3) is 0.462. The van der Waals surface area contributed by atoms with Gasteiger partial charge in [-0.15, -0.1) is 0 Å². The lowest BCUT2D eigenvalue weighted by Crippen LogP contribution is -2.45. The highest BCUT2D eigenvalue weighted by atomic mass is 35.5. The molecule has 1 aromatic carbocycles. The average molecular weight is 319 g/mol. The summed E-state index contributed by atoms with van der Waals surface area (Å²) in [7, 11) is -3.78. The Labute approximate surface area is 124 Å². The van der Waals surface area contributed by atoms with Crippen LogP contribution in [0.1, 0.15) is 27.2 Å². The second-order valence-corrected chi connectivity index (χ2v) is 7.62. The smallest absolute Gasteiger partial charge is 0.235 e. The van der Waals surface area contributed by atoms with Crippen LogP contribution >= 0.6 is 11.6 Å². The molecule has 0 heterocycles. The number of carbonyl (C=O) groups excluding carboxylic acids is 1. The van der Waals surface area contributed by atoms with Crippen LogP contribution in [0, 0.1) is 0 Å². The molecule has 0 bridgehead atoms. The highest BCUT2D eigenvalue weighted by Crippen LogP contribution is 2.23. The van der Waals surface area contributed by atoms with Crippen molar-refractivity contribution in [2.75, 3.05) is 11.5 Å². The molecule has 3 N–H and O–H groups in total. The third-order valence-electron chi connectivity index (χ3n) is 2.99. The van der Waals surface area contributed by atoms with E-state index < -0.39 is 27.0 Å². The van der Waals surface area contributed by atoms with Gasteiger partial charge in [-0.3, -0.25) is 4.79 Å². The lowest BCUT2D eigenvalue weighted by molar-refractivity contribution is -0.120. The van der Waals surface area contributed by atoms with Gasteiger partial charge in [-0.25, -0.2) is 8.42 Å². The van der Waals surface area contributed by atoms with Crippen molar-refractivity contribution in [3.63, 3.8) is 0 Å². The Morgan fingerprint density at radius 1 is 1.40 bits per heavy atom. The molecule has 0 fully saturated rings. The Bertz CT molecular complexity index is 612. The molecular formula is C13H19ClN2O3S. The SMILES string of the molecule is CCC(C)(C)NC(=O)CS(=O)(=O)c1ccc(Cl)cc1N. The summed E-state index contributed by atoms with van der Waals surface area (Å²) in [6.45, 7) is 5.56. The topological polar surface area (TPSA) is 89.3 Å². The highest BCUT2D eigenvalue weighted by Gasteiger charge is 2.25. The average Bonchev–Trinajstić information content (AvgIpc) is 2.26. The maximum atomic E-state index is 12.2. The number of amides is 1. The molecule has 0 aliphatic heterocycles. The van der Waals surface area contributed by atoms with E-state index in [9.17, 15) is 13.2 Å². The molecule has 1 aromatic rings. The van der Waals surface area contributed by atoms with Crippen LogP contribution in [0.4, 0.5) is 5.69 Å². The van der Waals surface area contributed by atoms with E-state index in [1.807, 2.05) is 20.8 Å². The molecule has 0 saturated carbocycles. The maximum absolute atomic E-state index is 12.2. The van der Waals surface area contributed by atoms with E-state index in [0.29, 0.717) is 11.4 Å². The van der Waals surface area contributed by atoms with Crippen molar-refractivity contribution in [1.82, 2.24) is 5.32 Å². The quantitative estimate of drug-likeness (QED) is 0.813. The number of halogens is 1. The summed E-state index contributed by atoms with van der Waals surface area (Å²) < 4.78 is 24.3. The molecule has 0 aromatic heterocycles. The van der Waals surface area contributed by atoms with Gasteiger partial charge in [0.1, 0.15) is 5.75 Å². The van der Waals surface area contributed by atoms with Gasteiger partial charge < -0.3 is 11.1 Å². The van der Waals surface area contributed by atoms with Crippen LogP contribution in [0.2, 0.25) is 5.02 Å². The summed E-state index contributed by atoms with van der Waals surface area (Å²) in [5.41, 5.74) is 5.24. The fourth-order valence-electron chi connectivity index (χ4n) is 1.55. The Hall–Kier alpha value is -1.27. The largest absolute Gasteiger partial charge is 0.398 e. The van der Waals surface area contributed by atoms with Crippen molar-refractivity contribution in [3.8, 4) is 0 Å². The Kier molecular flexibility index (Phi) is 5.05. The van der Waals surface area contributed by atoms with Gasteiger partial charge in [0.05, 0.1) is 10.6 Å². The molecule has 112 valence electrons. The number of carbonyl (C=O) groups is 1. The van der Waals surface area contributed by atoms with Crippen LogP contribution in [0.25, 0.3) is 0 Å². The number of nitrogen functional groups attached to an aromatic ring is 1. The van der Waals surface area contributed by atoms with Crippen LogP contribution in [0.3, 0.4) is 0 Å². The van der Waals surface area contributed by atoms with Gasteiger partial charge in [0.25, 0.3) is 0 Å². The normalized spacial score (nSPS) is 12.2. The van der Waals surface area contributed by atoms with Gasteiger partial charge in [-0.2, -0.15) is 0 Å². The molecule has 0 unspecified atom stereocenters. The molecule has 5 nitrogen and oxygen atoms in total. The highest BCUT2D eigenvalue weighted by molar-refractivity contribution is 7.92. The first-order valence-corrected chi connectivity index (χ1v) is 8.19. The first kappa shape index (κ1) is 16.8. The van der Waals surface area contributed by atoms with Gasteiger partial charge in [0.15, 0.2) is 9.84 Å². The first-order valence-electron chi connectivity index (χ1n) is 6.16. The number of sulfone groups is 1. The molecular weight excluding hydrogens is 300 g/mol. The van der Waals surface area contributed by atoms with Crippen molar-refractivity contribution >= 4 is 33.0 Å². The Balaban J connectivity index is 2.93. The van der Waals surface area contributed by atoms with Crippen LogP contribution < -0.4 is 11.1 Å². The molecule has 0 spiro atoms. The fourth-order valence-corrected chi connectivity index (χ4v) is 3.00. The second-order valence-electron chi connectivity index (χ2n) is 5.23. The minimum atomic E-state index is -3.78. The van der Waals surface area contributed by atoms with Crippen LogP contribution in [0.15, 0.2) is 23.1 Å². The Morgan fingerprint density at radius 3 is 2.50 bits per heavy atom. The number of nitrogens with two attached hydrogens (primary N) is 1. The standard InChI is InChI=1S/C13H19ClN2O3S/c1-4-13(2,3)16-12(17)8-20(18,19)11-6-5-9(14)7-10(11)15/h5-7H,4,8,15H2,1-3H3,(H,16,17). The van der Waals surface area contributed by atoms with Crippen molar-refractivity contribution in [3.05, 3.63) is 23.2 Å². The summed E-state index contributed by atoms with van der Waals surface area (Å²) in [5, 5.41) is 3.02. The van der Waals surface area contributed by atoms with Crippen molar-refractivity contribution < 1.29 is 13.2 Å². The summed E-state index contributed by atoms with van der Waals surface area (Å²) in [6.07, 6.45) is 0.696. The zero-order valence-electron chi connectivity index (χ0n) is 11.7. The molecule has 0 radical (unpaired) electrons. The molecule has 7 heteroatoms. The lowest BCUT2D eigenvalue weighted by atomic mass is 10.0. The van der Waals surface area contributed by atoms with E-state index in [1.165, 1.54) is 18.2 Å². The third kappa shape index (κ3) is 4.38. The van der Waals surface area contributed by atoms with Crippen LogP contribution in [-0.4, -0.2) is 25.6 Å². The molecule has 0 saturated heterocycles. The van der Waals surface area contributed by atoms with E-state index >= 15 is 0 Å². The van der Waals surface area contributed by atoms with Crippen LogP contribution in [0.5, 0.6) is 0 Å². The minimum absolute atomic E-state index is 0.0417. The van der Waals surface area contributed by atoms with Gasteiger partial charge in [-0.05, 0) is 38.5 Å². The van der Waals surface area contributed by atoms with Crippen molar-refractivity contribution in [1.29, 1.82) is 0 Å². The molecule has 0 atom stereocenters. The molecule has 1 rings (SSSR count). The zero-order chi connectivity index (χ0) is 15.6. The van der Waals surface area contributed by atoms with Crippen LogP contribution in [-0.2, 0) is 14.6 Å². The van der Waals surface area contributed by atoms with Crippen molar-refractivity contribution in [2.45, 2.75) is 37.6 Å². The number of nitrogens with one attached hydrogen (secondary N) is 1. The third-order valence-corrected chi connectivity index (χ3v) is 4.91. The first-order chi connectivity index (χ1) is 9.07. The molecule has 20 heavy (non-hydrogen) atoms. The van der Waals surface area contributed by atoms with E-state index in [0.717, 1.165) is 0 Å². The van der Waals surface area contributed by atoms with E-state index in [-0.39, 0.29) is 10.6 Å². The number of benzene rings is 1. The molecule has 0 aliphatic carbocycles. The van der Waals surface area contributed by atoms with Gasteiger partial charge in [0.2, 0.25) is 5.91 Å². The monoisotopic (exact) mass is 318 g/mol. The number of anilines is 1. The number of rotatable bonds is 5. The lowest BCUT2D eigenvalue weighted by Gasteiger charge is -2.24. The van der Waals surface area contributed by atoms with Gasteiger partial charge in [-0.1, -0.05) is 18.5 Å². The second kappa shape index (κ2) is 6.01. The van der Waals surface area contributed by atoms with Gasteiger partial charge >= 0.3 is 0 Å². The Morgan fingerprint density at radius 2 is 2.00 bits per heavy atom. The van der Waals surface area contributed by atoms with E-state index in [4.69, 9.17) is 17.3 Å². The molecule has 1 amide bonds. The van der Waals surface area contributed by atoms with Gasteiger partial charge in [0, 0.05) is 10.6 Å². The summed E-state index contributed by atoms with van der Waals surface area (Å²) >= 11 is 5.72. The minimum Gasteiger partial charge on any atom is -0.398 e. The summed E-state index contributed by atoms with van der Waals surface area (Å²) in [4.78, 5) is 11.8. The predicted molar refractivity (Wildman–Crippen MR) is 80.4 cm³/mol. The zero-order valence-corrected chi connectivity index (χ0v) is 13.3. The summed E-state index contributed by atoms with van der Waals surface area (Å²) in [5.74, 6) is -1.19. The number of hydrogen-bond acceptors (Lipinski definition) is 4. The maximum Gasteiger partial charge on any atom is 0.235 e. The van der Waals surface area contributed by atoms with Crippen molar-refractivity contribution in [2.24, 2.45) is 0 Å². The molecule has 0 aliphatic rings. The summed E-state index contributed by atoms with van der Waals surface area (Å²) in [6, 6.07) is 4.09.